The van der Waals surface area contributed by atoms with Crippen LogP contribution in [0.5, 0.6) is 0 Å². The molecule has 2 aromatic heterocycles. The zero-order chi connectivity index (χ0) is 44.0. The molecule has 2 amide bonds. The number of nitrogen functional groups attached to an aromatic ring is 1. The Bertz CT molecular complexity index is 1850. The minimum absolute atomic E-state index is 0. The lowest BCUT2D eigenvalue weighted by atomic mass is 9.87. The van der Waals surface area contributed by atoms with E-state index in [1.165, 1.54) is 39.5 Å². The maximum atomic E-state index is 12.7. The summed E-state index contributed by atoms with van der Waals surface area (Å²) in [7, 11) is -16.4. The van der Waals surface area contributed by atoms with Crippen molar-refractivity contribution in [1.29, 1.82) is 0 Å². The fourth-order valence-corrected chi connectivity index (χ4v) is 9.14. The summed E-state index contributed by atoms with van der Waals surface area (Å²) in [4.78, 5) is 87.8. The third-order valence-electron chi connectivity index (χ3n) is 8.75. The molecule has 0 radical (unpaired) electrons. The van der Waals surface area contributed by atoms with Crippen LogP contribution in [-0.2, 0) is 50.7 Å². The quantitative estimate of drug-likeness (QED) is 0.0445. The number of carbonyl (C=O) groups is 3. The Hall–Kier alpha value is -2.48. The van der Waals surface area contributed by atoms with Gasteiger partial charge >= 0.3 is 23.5 Å². The van der Waals surface area contributed by atoms with Gasteiger partial charge in [-0.05, 0) is 6.42 Å². The maximum Gasteiger partial charge on any atom is 0.481 e. The Morgan fingerprint density at radius 3 is 2.28 bits per heavy atom. The number of phosphoric ester groups is 3. The van der Waals surface area contributed by atoms with Crippen LogP contribution in [0.4, 0.5) is 5.82 Å². The molecule has 60 heavy (non-hydrogen) atoms. The number of hydrogen-bond acceptors (Lipinski definition) is 18. The van der Waals surface area contributed by atoms with Crippen molar-refractivity contribution in [3.05, 3.63) is 12.7 Å². The smallest absolute Gasteiger partial charge is 0.412 e. The van der Waals surface area contributed by atoms with Crippen molar-refractivity contribution in [2.45, 2.75) is 109 Å². The molecule has 2 unspecified atom stereocenters. The number of fused-ring (bicyclic) bond motifs is 1. The Kier molecular flexibility index (Phi) is 21.8. The monoisotopic (exact) mass is 939 g/mol. The number of nitrogens with two attached hydrogens (primary N) is 1. The predicted molar refractivity (Wildman–Crippen MR) is 213 cm³/mol. The number of aliphatic hydroxyl groups is 2. The van der Waals surface area contributed by atoms with Crippen LogP contribution in [0.1, 0.15) is 84.8 Å². The van der Waals surface area contributed by atoms with Crippen LogP contribution in [0.2, 0.25) is 0 Å². The highest BCUT2D eigenvalue weighted by Gasteiger charge is 2.50. The number of thioether (sulfide) groups is 1. The third-order valence-corrected chi connectivity index (χ3v) is 12.8. The van der Waals surface area contributed by atoms with Crippen molar-refractivity contribution < 1.29 is 86.0 Å². The first-order valence-electron chi connectivity index (χ1n) is 18.6. The molecule has 12 N–H and O–H groups in total. The number of nitrogens with one attached hydrogen (secondary N) is 2. The molecule has 344 valence electrons. The number of hydrogen-bond donors (Lipinski definition) is 9. The molecule has 7 atom stereocenters. The fraction of sp³-hybridized carbons (Fsp3) is 0.742. The van der Waals surface area contributed by atoms with Crippen molar-refractivity contribution in [2.75, 3.05) is 37.8 Å². The Labute approximate surface area is 349 Å². The van der Waals surface area contributed by atoms with Gasteiger partial charge in [-0.1, -0.05) is 71.1 Å². The number of ether oxygens (including phenoxy) is 1. The summed E-state index contributed by atoms with van der Waals surface area (Å²) in [6.45, 7) is 2.73. The SMILES string of the molecule is CCCCCCCCCC(=O)SCCNC(=O)CCNC(=O)[C@H](O)C(C)(C)COP(=O)(O)OP(=O)(O)OC[C@H]1O[C@@H](n2cnc3c(N)ncnc32)[C@H](O)[C@H]1OP(=O)(O)O.O. The summed E-state index contributed by atoms with van der Waals surface area (Å²) in [5.41, 5.74) is 4.28. The van der Waals surface area contributed by atoms with Gasteiger partial charge < -0.3 is 56.4 Å². The number of aliphatic hydroxyl groups excluding tert-OH is 2. The van der Waals surface area contributed by atoms with Crippen molar-refractivity contribution in [3.8, 4) is 0 Å². The molecular formula is C31H56N7O18P3S. The van der Waals surface area contributed by atoms with Crippen molar-refractivity contribution in [3.63, 3.8) is 0 Å². The number of anilines is 1. The van der Waals surface area contributed by atoms with Gasteiger partial charge in [-0.25, -0.2) is 28.6 Å². The predicted octanol–water partition coefficient (Wildman–Crippen LogP) is 0.981. The van der Waals surface area contributed by atoms with Gasteiger partial charge in [0.2, 0.25) is 11.8 Å². The topological polar surface area (TPSA) is 395 Å². The summed E-state index contributed by atoms with van der Waals surface area (Å²) < 4.78 is 62.2. The van der Waals surface area contributed by atoms with Crippen molar-refractivity contribution in [2.24, 2.45) is 5.41 Å². The highest BCUT2D eigenvalue weighted by Crippen LogP contribution is 2.61. The molecule has 0 bridgehead atoms. The van der Waals surface area contributed by atoms with Gasteiger partial charge in [0, 0.05) is 37.1 Å². The van der Waals surface area contributed by atoms with E-state index in [-0.39, 0.29) is 47.1 Å². The molecule has 25 nitrogen and oxygen atoms in total. The number of rotatable bonds is 27. The maximum absolute atomic E-state index is 12.7. The number of phosphoric acid groups is 3. The molecule has 1 aliphatic rings. The van der Waals surface area contributed by atoms with E-state index in [4.69, 9.17) is 19.5 Å². The lowest BCUT2D eigenvalue weighted by Gasteiger charge is -2.30. The third kappa shape index (κ3) is 17.7. The largest absolute Gasteiger partial charge is 0.481 e. The Balaban J connectivity index is 0.0000124. The van der Waals surface area contributed by atoms with E-state index in [2.05, 4.69) is 41.3 Å². The van der Waals surface area contributed by atoms with Crippen LogP contribution in [0.3, 0.4) is 0 Å². The second-order valence-electron chi connectivity index (χ2n) is 14.2. The van der Waals surface area contributed by atoms with Gasteiger partial charge in [-0.15, -0.1) is 0 Å². The van der Waals surface area contributed by atoms with Crippen molar-refractivity contribution in [1.82, 2.24) is 30.2 Å². The highest BCUT2D eigenvalue weighted by atomic mass is 32.2. The number of amides is 2. The first kappa shape index (κ1) is 53.7. The normalized spacial score (nSPS) is 20.8. The zero-order valence-corrected chi connectivity index (χ0v) is 36.7. The average molecular weight is 940 g/mol. The van der Waals surface area contributed by atoms with Gasteiger partial charge in [0.1, 0.15) is 36.3 Å². The molecule has 0 aliphatic carbocycles. The molecule has 0 saturated carbocycles. The van der Waals surface area contributed by atoms with E-state index in [9.17, 15) is 57.9 Å². The van der Waals surface area contributed by atoms with Crippen LogP contribution < -0.4 is 16.4 Å². The number of unbranched alkanes of at least 4 members (excludes halogenated alkanes) is 6. The minimum Gasteiger partial charge on any atom is -0.412 e. The minimum atomic E-state index is -5.57. The fourth-order valence-electron chi connectivity index (χ4n) is 5.59. The summed E-state index contributed by atoms with van der Waals surface area (Å²) >= 11 is 1.14. The molecule has 29 heteroatoms. The van der Waals surface area contributed by atoms with E-state index in [0.717, 1.165) is 48.2 Å². The number of aromatic nitrogens is 4. The van der Waals surface area contributed by atoms with Crippen LogP contribution in [0.25, 0.3) is 11.2 Å². The van der Waals surface area contributed by atoms with Gasteiger partial charge in [-0.3, -0.25) is 32.5 Å². The molecule has 3 heterocycles. The molecule has 0 spiro atoms. The first-order valence-corrected chi connectivity index (χ1v) is 24.1. The molecule has 3 rings (SSSR count). The van der Waals surface area contributed by atoms with E-state index in [1.807, 2.05) is 0 Å². The molecule has 1 fully saturated rings. The van der Waals surface area contributed by atoms with Gasteiger partial charge in [-0.2, -0.15) is 4.31 Å². The Morgan fingerprint density at radius 2 is 1.62 bits per heavy atom. The lowest BCUT2D eigenvalue weighted by Crippen LogP contribution is -2.46. The first-order chi connectivity index (χ1) is 27.6. The molecule has 2 aromatic rings. The number of carbonyl (C=O) groups excluding carboxylic acids is 3. The van der Waals surface area contributed by atoms with Crippen LogP contribution >= 0.6 is 35.2 Å². The van der Waals surface area contributed by atoms with Gasteiger partial charge in [0.05, 0.1) is 19.5 Å². The second-order valence-corrected chi connectivity index (χ2v) is 19.5. The summed E-state index contributed by atoms with van der Waals surface area (Å²) in [6.07, 6.45) is 1.35. The van der Waals surface area contributed by atoms with E-state index >= 15 is 0 Å². The average Bonchev–Trinajstić information content (AvgIpc) is 3.71. The van der Waals surface area contributed by atoms with Crippen LogP contribution in [0.15, 0.2) is 12.7 Å². The van der Waals surface area contributed by atoms with Crippen LogP contribution in [-0.4, -0.2) is 128 Å². The standard InChI is InChI=1S/C31H54N7O17P3S.H2O/c1-4-5-6-7-8-9-10-11-22(40)59-15-14-33-21(39)12-13-34-29(43)26(42)31(2,3)17-52-58(49,50)55-57(47,48)51-16-20-25(54-56(44,45)46)24(41)30(53-20)38-19-37-23-27(32)35-18-36-28(23)38;/h18-20,24-26,30,41-42H,4-17H2,1-3H3,(H,33,39)(H,34,43)(H,47,48)(H,49,50)(H2,32,35,36)(H2,44,45,46);1H2/t20-,24-,25+,26+,30-;/m1./s1. The molecular weight excluding hydrogens is 883 g/mol. The summed E-state index contributed by atoms with van der Waals surface area (Å²) in [5, 5.41) is 26.5. The molecule has 1 saturated heterocycles. The lowest BCUT2D eigenvalue weighted by molar-refractivity contribution is -0.137. The van der Waals surface area contributed by atoms with Gasteiger partial charge in [0.25, 0.3) is 0 Å². The summed E-state index contributed by atoms with van der Waals surface area (Å²) in [6, 6.07) is 0. The Morgan fingerprint density at radius 1 is 0.967 bits per heavy atom. The molecule has 1 aliphatic heterocycles. The van der Waals surface area contributed by atoms with Gasteiger partial charge in [0.15, 0.2) is 22.8 Å². The van der Waals surface area contributed by atoms with Crippen LogP contribution in [0, 0.1) is 5.41 Å². The number of nitrogens with zero attached hydrogens (tertiary/aromatic N) is 4. The van der Waals surface area contributed by atoms with E-state index < -0.39 is 84.6 Å². The van der Waals surface area contributed by atoms with E-state index in [1.54, 1.807) is 0 Å². The zero-order valence-electron chi connectivity index (χ0n) is 33.2. The highest BCUT2D eigenvalue weighted by molar-refractivity contribution is 8.13. The molecule has 0 aromatic carbocycles. The van der Waals surface area contributed by atoms with Crippen molar-refractivity contribution >= 4 is 69.1 Å². The summed E-state index contributed by atoms with van der Waals surface area (Å²) in [5.74, 6) is -1.03. The second kappa shape index (κ2) is 24.4. The van der Waals surface area contributed by atoms with E-state index in [0.29, 0.717) is 12.2 Å². The number of imidazole rings is 1.